The molecule has 38 heavy (non-hydrogen) atoms. The fraction of sp³-hybridized carbons (Fsp3) is 0.469. The van der Waals surface area contributed by atoms with Crippen LogP contribution in [-0.2, 0) is 20.4 Å². The van der Waals surface area contributed by atoms with Crippen LogP contribution in [0.5, 0.6) is 0 Å². The fourth-order valence-electron chi connectivity index (χ4n) is 7.34. The van der Waals surface area contributed by atoms with Crippen molar-refractivity contribution in [3.8, 4) is 0 Å². The Hall–Kier alpha value is -3.09. The minimum absolute atomic E-state index is 0.00139. The molecule has 0 radical (unpaired) electrons. The number of esters is 1. The van der Waals surface area contributed by atoms with Crippen molar-refractivity contribution in [1.82, 2.24) is 9.80 Å². The molecule has 4 heterocycles. The van der Waals surface area contributed by atoms with Gasteiger partial charge in [-0.1, -0.05) is 48.6 Å². The van der Waals surface area contributed by atoms with Gasteiger partial charge in [0.15, 0.2) is 0 Å². The molecule has 2 aromatic rings. The molecule has 2 fully saturated rings. The summed E-state index contributed by atoms with van der Waals surface area (Å²) in [5.74, 6) is -0.221. The van der Waals surface area contributed by atoms with Crippen LogP contribution in [0.4, 0.5) is 11.4 Å². The first-order valence-electron chi connectivity index (χ1n) is 14.0. The van der Waals surface area contributed by atoms with E-state index in [4.69, 9.17) is 4.74 Å². The van der Waals surface area contributed by atoms with E-state index in [1.165, 1.54) is 22.5 Å². The first-order chi connectivity index (χ1) is 18.3. The SMILES string of the molecule is C/C(=C\C[C@@]12CCN(C)[C@@H]1Nc1ccccc12)COC(=O)/C(C)=C/C[C@@]12CCN(C)[C@@H]1Nc1ccccc12. The Morgan fingerprint density at radius 3 is 1.92 bits per heavy atom. The van der Waals surface area contributed by atoms with Crippen molar-refractivity contribution in [2.45, 2.75) is 62.7 Å². The van der Waals surface area contributed by atoms with Crippen LogP contribution >= 0.6 is 0 Å². The topological polar surface area (TPSA) is 56.8 Å². The number of allylic oxidation sites excluding steroid dienone is 2. The van der Waals surface area contributed by atoms with E-state index in [1.54, 1.807) is 0 Å². The van der Waals surface area contributed by atoms with Crippen LogP contribution in [0.25, 0.3) is 0 Å². The van der Waals surface area contributed by atoms with Gasteiger partial charge in [0.2, 0.25) is 0 Å². The molecule has 2 saturated heterocycles. The number of likely N-dealkylation sites (tertiary alicyclic amines) is 2. The molecule has 4 aliphatic rings. The zero-order valence-electron chi connectivity index (χ0n) is 23.1. The average molecular weight is 513 g/mol. The van der Waals surface area contributed by atoms with E-state index in [-0.39, 0.29) is 23.0 Å². The standard InChI is InChI=1S/C32H40N4O2/c1-22(13-15-31-17-19-35(3)29(31)33-26-11-7-5-9-24(26)31)21-38-28(37)23(2)14-16-32-18-20-36(4)30(32)34-27-12-8-6-10-25(27)32/h5-14,29-30,33-34H,15-21H2,1-4H3/b22-13+,23-14+/t29-,30-,31-,32-/m0/s1. The smallest absolute Gasteiger partial charge is 0.333 e. The quantitative estimate of drug-likeness (QED) is 0.300. The number of benzene rings is 2. The number of anilines is 2. The summed E-state index contributed by atoms with van der Waals surface area (Å²) in [6.45, 7) is 6.42. The molecule has 2 N–H and O–H groups in total. The zero-order chi connectivity index (χ0) is 26.5. The molecule has 0 aliphatic carbocycles. The van der Waals surface area contributed by atoms with Crippen LogP contribution in [0.1, 0.15) is 50.7 Å². The van der Waals surface area contributed by atoms with Crippen molar-refractivity contribution >= 4 is 17.3 Å². The Morgan fingerprint density at radius 2 is 1.37 bits per heavy atom. The Balaban J connectivity index is 1.10. The van der Waals surface area contributed by atoms with Crippen molar-refractivity contribution in [3.63, 3.8) is 0 Å². The molecule has 0 aromatic heterocycles. The van der Waals surface area contributed by atoms with Gasteiger partial charge in [-0.2, -0.15) is 0 Å². The molecule has 0 amide bonds. The summed E-state index contributed by atoms with van der Waals surface area (Å²) in [4.78, 5) is 17.7. The zero-order valence-corrected chi connectivity index (χ0v) is 23.1. The molecule has 6 heteroatoms. The Labute approximate surface area is 226 Å². The summed E-state index contributed by atoms with van der Waals surface area (Å²) in [6.07, 6.45) is 8.91. The van der Waals surface area contributed by atoms with Gasteiger partial charge in [0, 0.05) is 40.9 Å². The summed E-state index contributed by atoms with van der Waals surface area (Å²) in [6, 6.07) is 17.3. The molecule has 0 spiro atoms. The number of likely N-dealkylation sites (N-methyl/N-ethyl adjacent to an activating group) is 2. The number of carbonyl (C=O) groups excluding carboxylic acids is 1. The highest BCUT2D eigenvalue weighted by Gasteiger charge is 2.52. The van der Waals surface area contributed by atoms with Crippen molar-refractivity contribution in [2.24, 2.45) is 0 Å². The van der Waals surface area contributed by atoms with E-state index in [2.05, 4.69) is 102 Å². The van der Waals surface area contributed by atoms with E-state index in [0.29, 0.717) is 18.3 Å². The number of carbonyl (C=O) groups is 1. The molecular formula is C32H40N4O2. The number of hydrogen-bond acceptors (Lipinski definition) is 6. The number of rotatable bonds is 7. The third-order valence-corrected chi connectivity index (χ3v) is 9.60. The lowest BCUT2D eigenvalue weighted by Crippen LogP contribution is -2.41. The Morgan fingerprint density at radius 1 is 0.868 bits per heavy atom. The second-order valence-corrected chi connectivity index (χ2v) is 11.9. The molecule has 0 saturated carbocycles. The molecule has 0 bridgehead atoms. The van der Waals surface area contributed by atoms with E-state index in [0.717, 1.165) is 44.3 Å². The normalized spacial score (nSPS) is 30.3. The number of nitrogens with zero attached hydrogens (tertiary/aromatic N) is 2. The largest absolute Gasteiger partial charge is 0.458 e. The van der Waals surface area contributed by atoms with Crippen molar-refractivity contribution in [3.05, 3.63) is 83.0 Å². The first-order valence-corrected chi connectivity index (χ1v) is 14.0. The maximum absolute atomic E-state index is 12.9. The lowest BCUT2D eigenvalue weighted by atomic mass is 9.76. The van der Waals surface area contributed by atoms with Gasteiger partial charge in [-0.25, -0.2) is 4.79 Å². The van der Waals surface area contributed by atoms with Crippen LogP contribution in [0, 0.1) is 0 Å². The summed E-state index contributed by atoms with van der Waals surface area (Å²) in [5.41, 5.74) is 7.10. The van der Waals surface area contributed by atoms with Gasteiger partial charge >= 0.3 is 5.97 Å². The molecular weight excluding hydrogens is 472 g/mol. The van der Waals surface area contributed by atoms with E-state index >= 15 is 0 Å². The molecule has 4 aliphatic heterocycles. The predicted octanol–water partition coefficient (Wildman–Crippen LogP) is 5.25. The molecule has 6 rings (SSSR count). The van der Waals surface area contributed by atoms with Gasteiger partial charge in [0.05, 0.1) is 12.3 Å². The van der Waals surface area contributed by atoms with E-state index in [9.17, 15) is 4.79 Å². The molecule has 0 unspecified atom stereocenters. The highest BCUT2D eigenvalue weighted by Crippen LogP contribution is 2.51. The van der Waals surface area contributed by atoms with Gasteiger partial charge < -0.3 is 15.4 Å². The monoisotopic (exact) mass is 512 g/mol. The Kier molecular flexibility index (Phi) is 6.36. The third kappa shape index (κ3) is 3.97. The van der Waals surface area contributed by atoms with Crippen LogP contribution in [0.3, 0.4) is 0 Å². The fourth-order valence-corrected chi connectivity index (χ4v) is 7.34. The van der Waals surface area contributed by atoms with Gasteiger partial charge in [-0.3, -0.25) is 9.80 Å². The number of para-hydroxylation sites is 2. The summed E-state index contributed by atoms with van der Waals surface area (Å²) < 4.78 is 5.77. The third-order valence-electron chi connectivity index (χ3n) is 9.60. The van der Waals surface area contributed by atoms with E-state index in [1.807, 2.05) is 6.92 Å². The lowest BCUT2D eigenvalue weighted by molar-refractivity contribution is -0.138. The Bertz CT molecular complexity index is 1300. The minimum Gasteiger partial charge on any atom is -0.458 e. The first kappa shape index (κ1) is 25.2. The van der Waals surface area contributed by atoms with Gasteiger partial charge in [-0.15, -0.1) is 0 Å². The van der Waals surface area contributed by atoms with Gasteiger partial charge in [0.1, 0.15) is 6.61 Å². The summed E-state index contributed by atoms with van der Waals surface area (Å²) >= 11 is 0. The van der Waals surface area contributed by atoms with Crippen molar-refractivity contribution < 1.29 is 9.53 Å². The molecule has 200 valence electrons. The summed E-state index contributed by atoms with van der Waals surface area (Å²) in [5, 5.41) is 7.44. The number of fused-ring (bicyclic) bond motifs is 6. The van der Waals surface area contributed by atoms with E-state index < -0.39 is 0 Å². The number of hydrogen-bond donors (Lipinski definition) is 2. The molecule has 4 atom stereocenters. The molecule has 2 aromatic carbocycles. The number of nitrogens with one attached hydrogen (secondary N) is 2. The highest BCUT2D eigenvalue weighted by molar-refractivity contribution is 5.87. The van der Waals surface area contributed by atoms with Crippen LogP contribution in [0.2, 0.25) is 0 Å². The van der Waals surface area contributed by atoms with Crippen LogP contribution in [0.15, 0.2) is 71.8 Å². The van der Waals surface area contributed by atoms with Gasteiger partial charge in [0.25, 0.3) is 0 Å². The number of ether oxygens (including phenoxy) is 1. The van der Waals surface area contributed by atoms with Crippen molar-refractivity contribution in [2.75, 3.05) is 44.4 Å². The maximum atomic E-state index is 12.9. The molecule has 6 nitrogen and oxygen atoms in total. The second-order valence-electron chi connectivity index (χ2n) is 11.9. The van der Waals surface area contributed by atoms with Crippen LogP contribution in [-0.4, -0.2) is 61.9 Å². The lowest BCUT2D eigenvalue weighted by Gasteiger charge is -2.30. The minimum atomic E-state index is -0.221. The van der Waals surface area contributed by atoms with Crippen molar-refractivity contribution in [1.29, 1.82) is 0 Å². The van der Waals surface area contributed by atoms with Gasteiger partial charge in [-0.05, 0) is 82.5 Å². The average Bonchev–Trinajstić information content (AvgIpc) is 3.63. The summed E-state index contributed by atoms with van der Waals surface area (Å²) in [7, 11) is 4.38. The van der Waals surface area contributed by atoms with Crippen LogP contribution < -0.4 is 10.6 Å². The highest BCUT2D eigenvalue weighted by atomic mass is 16.5. The second kappa shape index (κ2) is 9.58. The maximum Gasteiger partial charge on any atom is 0.333 e. The predicted molar refractivity (Wildman–Crippen MR) is 153 cm³/mol.